The zero-order valence-corrected chi connectivity index (χ0v) is 14.3. The molecule has 0 aliphatic carbocycles. The van der Waals surface area contributed by atoms with E-state index in [1.54, 1.807) is 0 Å². The Morgan fingerprint density at radius 1 is 1.18 bits per heavy atom. The molecule has 0 fully saturated rings. The van der Waals surface area contributed by atoms with Gasteiger partial charge in [-0.15, -0.1) is 11.8 Å². The number of carboxylic acid groups (broad SMARTS) is 1. The Morgan fingerprint density at radius 3 is 2.41 bits per heavy atom. The number of carbonyl (C=O) groups excluding carboxylic acids is 1. The van der Waals surface area contributed by atoms with Crippen molar-refractivity contribution in [3.8, 4) is 0 Å². The first kappa shape index (κ1) is 18.6. The van der Waals surface area contributed by atoms with Crippen LogP contribution < -0.4 is 5.32 Å². The van der Waals surface area contributed by atoms with E-state index < -0.39 is 11.2 Å². The fourth-order valence-electron chi connectivity index (χ4n) is 2.14. The van der Waals surface area contributed by atoms with Gasteiger partial charge < -0.3 is 10.4 Å². The van der Waals surface area contributed by atoms with E-state index in [1.807, 2.05) is 38.1 Å². The summed E-state index contributed by atoms with van der Waals surface area (Å²) >= 11 is 1.30. The van der Waals surface area contributed by atoms with Gasteiger partial charge in [0.1, 0.15) is 5.25 Å². The molecule has 0 aromatic heterocycles. The number of anilines is 1. The van der Waals surface area contributed by atoms with Gasteiger partial charge in [0.05, 0.1) is 5.69 Å². The number of aliphatic carboxylic acids is 1. The third kappa shape index (κ3) is 5.72. The van der Waals surface area contributed by atoms with Gasteiger partial charge in [0.15, 0.2) is 0 Å². The first-order valence-corrected chi connectivity index (χ1v) is 8.66. The molecule has 1 rings (SSSR count). The summed E-state index contributed by atoms with van der Waals surface area (Å²) in [5.41, 5.74) is 0.697. The summed E-state index contributed by atoms with van der Waals surface area (Å²) < 4.78 is 0. The van der Waals surface area contributed by atoms with Crippen LogP contribution in [-0.2, 0) is 9.59 Å². The minimum Gasteiger partial charge on any atom is -0.480 e. The van der Waals surface area contributed by atoms with Crippen molar-refractivity contribution >= 4 is 29.3 Å². The summed E-state index contributed by atoms with van der Waals surface area (Å²) in [4.78, 5) is 24.3. The van der Waals surface area contributed by atoms with Crippen LogP contribution >= 0.6 is 11.8 Å². The standard InChI is InChI=1S/C17H25NO3S/c1-4-8-12(3)16(19)18-13-10-6-7-11-14(13)22-15(9-5-2)17(20)21/h6-7,10-12,15H,4-5,8-9H2,1-3H3,(H,18,19)(H,20,21)/t12-,15+/m1/s1. The molecule has 1 amide bonds. The molecule has 0 spiro atoms. The summed E-state index contributed by atoms with van der Waals surface area (Å²) in [6.07, 6.45) is 3.22. The first-order chi connectivity index (χ1) is 10.5. The molecule has 0 aliphatic rings. The molecule has 1 aromatic rings. The number of thioether (sulfide) groups is 1. The van der Waals surface area contributed by atoms with E-state index in [0.29, 0.717) is 12.1 Å². The van der Waals surface area contributed by atoms with Crippen LogP contribution in [0.15, 0.2) is 29.2 Å². The number of hydrogen-bond donors (Lipinski definition) is 2. The van der Waals surface area contributed by atoms with Crippen molar-refractivity contribution in [3.63, 3.8) is 0 Å². The van der Waals surface area contributed by atoms with Gasteiger partial charge in [0.25, 0.3) is 0 Å². The number of amides is 1. The second-order valence-corrected chi connectivity index (χ2v) is 6.65. The highest BCUT2D eigenvalue weighted by molar-refractivity contribution is 8.00. The Balaban J connectivity index is 2.85. The second-order valence-electron chi connectivity index (χ2n) is 5.41. The molecular weight excluding hydrogens is 298 g/mol. The van der Waals surface area contributed by atoms with Crippen molar-refractivity contribution in [3.05, 3.63) is 24.3 Å². The third-order valence-corrected chi connectivity index (χ3v) is 4.74. The molecule has 0 bridgehead atoms. The smallest absolute Gasteiger partial charge is 0.316 e. The number of hydrogen-bond acceptors (Lipinski definition) is 3. The Labute approximate surface area is 136 Å². The molecule has 0 heterocycles. The molecule has 0 saturated carbocycles. The second kappa shape index (κ2) is 9.51. The molecule has 0 unspecified atom stereocenters. The predicted molar refractivity (Wildman–Crippen MR) is 91.3 cm³/mol. The van der Waals surface area contributed by atoms with Crippen LogP contribution in [0.3, 0.4) is 0 Å². The SMILES string of the molecule is CCC[C@@H](C)C(=O)Nc1ccccc1S[C@@H](CCC)C(=O)O. The van der Waals surface area contributed by atoms with Gasteiger partial charge in [-0.2, -0.15) is 0 Å². The molecule has 2 atom stereocenters. The normalized spacial score (nSPS) is 13.4. The predicted octanol–water partition coefficient (Wildman–Crippen LogP) is 4.41. The number of rotatable bonds is 9. The van der Waals surface area contributed by atoms with Crippen molar-refractivity contribution in [1.82, 2.24) is 0 Å². The van der Waals surface area contributed by atoms with E-state index in [0.717, 1.165) is 24.2 Å². The highest BCUT2D eigenvalue weighted by Crippen LogP contribution is 2.32. The number of para-hydroxylation sites is 1. The monoisotopic (exact) mass is 323 g/mol. The quantitative estimate of drug-likeness (QED) is 0.661. The zero-order valence-electron chi connectivity index (χ0n) is 13.5. The number of nitrogens with one attached hydrogen (secondary N) is 1. The van der Waals surface area contributed by atoms with Gasteiger partial charge in [-0.1, -0.05) is 45.7 Å². The fourth-order valence-corrected chi connectivity index (χ4v) is 3.31. The maximum atomic E-state index is 12.2. The van der Waals surface area contributed by atoms with Gasteiger partial charge in [0.2, 0.25) is 5.91 Å². The molecule has 22 heavy (non-hydrogen) atoms. The average Bonchev–Trinajstić information content (AvgIpc) is 2.48. The Morgan fingerprint density at radius 2 is 1.82 bits per heavy atom. The molecule has 5 heteroatoms. The summed E-state index contributed by atoms with van der Waals surface area (Å²) in [5.74, 6) is -0.876. The van der Waals surface area contributed by atoms with E-state index >= 15 is 0 Å². The fraction of sp³-hybridized carbons (Fsp3) is 0.529. The van der Waals surface area contributed by atoms with Crippen LogP contribution in [-0.4, -0.2) is 22.2 Å². The van der Waals surface area contributed by atoms with Crippen molar-refractivity contribution in [2.24, 2.45) is 5.92 Å². The zero-order chi connectivity index (χ0) is 16.5. The summed E-state index contributed by atoms with van der Waals surface area (Å²) in [7, 11) is 0. The van der Waals surface area contributed by atoms with E-state index in [1.165, 1.54) is 11.8 Å². The molecule has 0 saturated heterocycles. The molecule has 4 nitrogen and oxygen atoms in total. The lowest BCUT2D eigenvalue weighted by Gasteiger charge is -2.16. The Kier molecular flexibility index (Phi) is 8.02. The Hall–Kier alpha value is -1.49. The maximum Gasteiger partial charge on any atom is 0.316 e. The molecular formula is C17H25NO3S. The highest BCUT2D eigenvalue weighted by Gasteiger charge is 2.20. The number of carbonyl (C=O) groups is 2. The van der Waals surface area contributed by atoms with Gasteiger partial charge in [-0.05, 0) is 25.0 Å². The lowest BCUT2D eigenvalue weighted by atomic mass is 10.1. The van der Waals surface area contributed by atoms with Crippen molar-refractivity contribution in [2.45, 2.75) is 56.6 Å². The molecule has 1 aromatic carbocycles. The van der Waals surface area contributed by atoms with Crippen LogP contribution in [0.25, 0.3) is 0 Å². The number of benzene rings is 1. The van der Waals surface area contributed by atoms with Crippen molar-refractivity contribution in [1.29, 1.82) is 0 Å². The van der Waals surface area contributed by atoms with Crippen molar-refractivity contribution in [2.75, 3.05) is 5.32 Å². The minimum absolute atomic E-state index is 0.0164. The minimum atomic E-state index is -0.813. The first-order valence-electron chi connectivity index (χ1n) is 7.78. The van der Waals surface area contributed by atoms with E-state index in [2.05, 4.69) is 12.2 Å². The van der Waals surface area contributed by atoms with Crippen LogP contribution in [0.1, 0.15) is 46.5 Å². The van der Waals surface area contributed by atoms with Crippen LogP contribution in [0.4, 0.5) is 5.69 Å². The van der Waals surface area contributed by atoms with Gasteiger partial charge in [-0.25, -0.2) is 0 Å². The van der Waals surface area contributed by atoms with E-state index in [-0.39, 0.29) is 11.8 Å². The van der Waals surface area contributed by atoms with Crippen molar-refractivity contribution < 1.29 is 14.7 Å². The molecule has 2 N–H and O–H groups in total. The molecule has 0 radical (unpaired) electrons. The average molecular weight is 323 g/mol. The van der Waals surface area contributed by atoms with Gasteiger partial charge in [0, 0.05) is 10.8 Å². The molecule has 122 valence electrons. The summed E-state index contributed by atoms with van der Waals surface area (Å²) in [6, 6.07) is 7.39. The van der Waals surface area contributed by atoms with Gasteiger partial charge >= 0.3 is 5.97 Å². The highest BCUT2D eigenvalue weighted by atomic mass is 32.2. The Bertz CT molecular complexity index is 504. The number of carboxylic acids is 1. The lowest BCUT2D eigenvalue weighted by Crippen LogP contribution is -2.21. The van der Waals surface area contributed by atoms with Crippen LogP contribution in [0.2, 0.25) is 0 Å². The molecule has 0 aliphatic heterocycles. The summed E-state index contributed by atoms with van der Waals surface area (Å²) in [5, 5.41) is 11.7. The van der Waals surface area contributed by atoms with E-state index in [4.69, 9.17) is 0 Å². The summed E-state index contributed by atoms with van der Waals surface area (Å²) in [6.45, 7) is 5.93. The van der Waals surface area contributed by atoms with E-state index in [9.17, 15) is 14.7 Å². The lowest BCUT2D eigenvalue weighted by molar-refractivity contribution is -0.136. The maximum absolute atomic E-state index is 12.2. The topological polar surface area (TPSA) is 66.4 Å². The third-order valence-electron chi connectivity index (χ3n) is 3.41. The largest absolute Gasteiger partial charge is 0.480 e. The van der Waals surface area contributed by atoms with Crippen LogP contribution in [0.5, 0.6) is 0 Å². The van der Waals surface area contributed by atoms with Crippen LogP contribution in [0, 0.1) is 5.92 Å². The van der Waals surface area contributed by atoms with Gasteiger partial charge in [-0.3, -0.25) is 9.59 Å².